The third-order valence-corrected chi connectivity index (χ3v) is 20.8. The number of carbonyl (C=O) groups excluding carboxylic acids is 4. The number of phosphoric acid groups is 2. The molecular formula is C79H154O17P2. The third-order valence-electron chi connectivity index (χ3n) is 18.9. The van der Waals surface area contributed by atoms with Crippen molar-refractivity contribution in [2.24, 2.45) is 5.92 Å². The number of rotatable bonds is 79. The minimum atomic E-state index is -4.96. The van der Waals surface area contributed by atoms with Gasteiger partial charge in [0.1, 0.15) is 19.3 Å². The summed E-state index contributed by atoms with van der Waals surface area (Å²) in [6.07, 6.45) is 62.4. The molecule has 0 fully saturated rings. The maximum absolute atomic E-state index is 13.1. The first kappa shape index (κ1) is 96.1. The topological polar surface area (TPSA) is 237 Å². The van der Waals surface area contributed by atoms with Crippen molar-refractivity contribution in [2.45, 2.75) is 438 Å². The molecule has 0 saturated carbocycles. The monoisotopic (exact) mass is 1440 g/mol. The lowest BCUT2D eigenvalue weighted by Gasteiger charge is -2.21. The second-order valence-electron chi connectivity index (χ2n) is 28.7. The molecule has 0 aromatic heterocycles. The maximum Gasteiger partial charge on any atom is 0.472 e. The summed E-state index contributed by atoms with van der Waals surface area (Å²) in [6.45, 7) is 7.32. The highest BCUT2D eigenvalue weighted by atomic mass is 31.2. The summed E-state index contributed by atoms with van der Waals surface area (Å²) in [5.41, 5.74) is 0. The number of hydrogen-bond acceptors (Lipinski definition) is 15. The lowest BCUT2D eigenvalue weighted by Crippen LogP contribution is -2.30. The van der Waals surface area contributed by atoms with Gasteiger partial charge in [0.25, 0.3) is 0 Å². The van der Waals surface area contributed by atoms with Crippen molar-refractivity contribution in [1.82, 2.24) is 0 Å². The molecule has 6 atom stereocenters. The molecule has 3 unspecified atom stereocenters. The van der Waals surface area contributed by atoms with Crippen molar-refractivity contribution in [1.29, 1.82) is 0 Å². The Hall–Kier alpha value is -1.94. The summed E-state index contributed by atoms with van der Waals surface area (Å²) in [4.78, 5) is 72.9. The van der Waals surface area contributed by atoms with Crippen LogP contribution in [-0.4, -0.2) is 96.7 Å². The van der Waals surface area contributed by atoms with E-state index in [2.05, 4.69) is 34.6 Å². The molecule has 0 bridgehead atoms. The second kappa shape index (κ2) is 72.0. The standard InChI is InChI=1S/C79H154O17P2/c1-6-10-13-16-19-22-24-26-27-28-29-30-31-32-33-34-36-38-45-50-55-60-65-79(84)96-75(69-90-77(82)63-58-53-48-43-40-39-42-46-51-56-61-72(5)9-4)71-94-98(87,88)92-67-73(80)66-91-97(85,86)93-70-74(68-89-76(81)62-57-52-47-41-21-18-15-12-8-3)95-78(83)64-59-54-49-44-37-35-25-23-20-17-14-11-7-2/h72-75,80H,6-71H2,1-5H3,(H,85,86)(H,87,88)/t72?,73-,74+,75+/m0/s1. The number of aliphatic hydroxyl groups is 1. The van der Waals surface area contributed by atoms with Crippen molar-refractivity contribution in [3.63, 3.8) is 0 Å². The molecule has 19 heteroatoms. The van der Waals surface area contributed by atoms with E-state index in [-0.39, 0.29) is 25.7 Å². The predicted octanol–water partition coefficient (Wildman–Crippen LogP) is 23.6. The molecule has 0 radical (unpaired) electrons. The fourth-order valence-electron chi connectivity index (χ4n) is 12.2. The van der Waals surface area contributed by atoms with Crippen LogP contribution in [0.4, 0.5) is 0 Å². The molecule has 0 aliphatic rings. The first-order chi connectivity index (χ1) is 47.6. The fourth-order valence-corrected chi connectivity index (χ4v) is 13.8. The summed E-state index contributed by atoms with van der Waals surface area (Å²) in [6, 6.07) is 0. The largest absolute Gasteiger partial charge is 0.472 e. The second-order valence-corrected chi connectivity index (χ2v) is 31.6. The van der Waals surface area contributed by atoms with Crippen LogP contribution in [0.5, 0.6) is 0 Å². The fraction of sp³-hybridized carbons (Fsp3) is 0.949. The Morgan fingerprint density at radius 2 is 0.490 bits per heavy atom. The number of esters is 4. The molecule has 0 aliphatic heterocycles. The Morgan fingerprint density at radius 1 is 0.286 bits per heavy atom. The van der Waals surface area contributed by atoms with Crippen LogP contribution in [0.1, 0.15) is 420 Å². The summed E-state index contributed by atoms with van der Waals surface area (Å²) < 4.78 is 68.6. The van der Waals surface area contributed by atoms with E-state index < -0.39 is 97.5 Å². The number of aliphatic hydroxyl groups excluding tert-OH is 1. The molecule has 3 N–H and O–H groups in total. The van der Waals surface area contributed by atoms with Gasteiger partial charge in [-0.1, -0.05) is 369 Å². The molecule has 17 nitrogen and oxygen atoms in total. The molecular weight excluding hydrogens is 1280 g/mol. The Morgan fingerprint density at radius 3 is 0.724 bits per heavy atom. The number of hydrogen-bond donors (Lipinski definition) is 3. The van der Waals surface area contributed by atoms with E-state index in [1.807, 2.05) is 0 Å². The highest BCUT2D eigenvalue weighted by Gasteiger charge is 2.30. The summed E-state index contributed by atoms with van der Waals surface area (Å²) in [5, 5.41) is 10.6. The van der Waals surface area contributed by atoms with Crippen molar-refractivity contribution in [3.8, 4) is 0 Å². The number of carbonyl (C=O) groups is 4. The molecule has 0 aromatic rings. The first-order valence-corrected chi connectivity index (χ1v) is 44.2. The molecule has 0 heterocycles. The van der Waals surface area contributed by atoms with Crippen LogP contribution in [0.25, 0.3) is 0 Å². The van der Waals surface area contributed by atoms with Crippen molar-refractivity contribution < 1.29 is 80.2 Å². The van der Waals surface area contributed by atoms with Gasteiger partial charge in [0.05, 0.1) is 26.4 Å². The Balaban J connectivity index is 5.19. The molecule has 98 heavy (non-hydrogen) atoms. The molecule has 0 rings (SSSR count). The zero-order valence-corrected chi connectivity index (χ0v) is 65.7. The van der Waals surface area contributed by atoms with Gasteiger partial charge in [0.15, 0.2) is 12.2 Å². The van der Waals surface area contributed by atoms with E-state index in [1.165, 1.54) is 244 Å². The minimum absolute atomic E-state index is 0.108. The lowest BCUT2D eigenvalue weighted by molar-refractivity contribution is -0.161. The van der Waals surface area contributed by atoms with Gasteiger partial charge < -0.3 is 33.8 Å². The number of phosphoric ester groups is 2. The van der Waals surface area contributed by atoms with E-state index in [1.54, 1.807) is 0 Å². The normalized spacial score (nSPS) is 14.2. The van der Waals surface area contributed by atoms with Crippen LogP contribution in [-0.2, 0) is 65.4 Å². The van der Waals surface area contributed by atoms with Crippen molar-refractivity contribution in [2.75, 3.05) is 39.6 Å². The van der Waals surface area contributed by atoms with Gasteiger partial charge >= 0.3 is 39.5 Å². The van der Waals surface area contributed by atoms with E-state index in [0.29, 0.717) is 25.7 Å². The Labute approximate surface area is 600 Å². The summed E-state index contributed by atoms with van der Waals surface area (Å²) in [5.74, 6) is -1.30. The van der Waals surface area contributed by atoms with Crippen LogP contribution >= 0.6 is 15.6 Å². The number of ether oxygens (including phenoxy) is 4. The van der Waals surface area contributed by atoms with Crippen LogP contribution in [0.15, 0.2) is 0 Å². The van der Waals surface area contributed by atoms with Gasteiger partial charge in [-0.15, -0.1) is 0 Å². The van der Waals surface area contributed by atoms with Crippen LogP contribution in [0.2, 0.25) is 0 Å². The molecule has 0 saturated heterocycles. The Kier molecular flexibility index (Phi) is 70.6. The van der Waals surface area contributed by atoms with E-state index in [0.717, 1.165) is 95.8 Å². The van der Waals surface area contributed by atoms with Gasteiger partial charge in [0.2, 0.25) is 0 Å². The molecule has 0 aromatic carbocycles. The lowest BCUT2D eigenvalue weighted by atomic mass is 9.99. The van der Waals surface area contributed by atoms with Crippen LogP contribution in [0.3, 0.4) is 0 Å². The average Bonchev–Trinajstić information content (AvgIpc) is 0.963. The molecule has 0 spiro atoms. The van der Waals surface area contributed by atoms with E-state index in [9.17, 15) is 43.2 Å². The van der Waals surface area contributed by atoms with Gasteiger partial charge in [-0.25, -0.2) is 9.13 Å². The van der Waals surface area contributed by atoms with Crippen LogP contribution < -0.4 is 0 Å². The van der Waals surface area contributed by atoms with Crippen LogP contribution in [0, 0.1) is 5.92 Å². The minimum Gasteiger partial charge on any atom is -0.462 e. The highest BCUT2D eigenvalue weighted by molar-refractivity contribution is 7.47. The zero-order chi connectivity index (χ0) is 71.9. The maximum atomic E-state index is 13.1. The third kappa shape index (κ3) is 71.1. The smallest absolute Gasteiger partial charge is 0.462 e. The molecule has 0 amide bonds. The van der Waals surface area contributed by atoms with Gasteiger partial charge in [-0.2, -0.15) is 0 Å². The van der Waals surface area contributed by atoms with Crippen molar-refractivity contribution >= 4 is 39.5 Å². The SMILES string of the molecule is CCCCCCCCCCCCCCCCCCCCCCCCC(=O)O[C@H](COC(=O)CCCCCCCCCCCCC(C)CC)COP(=O)(O)OC[C@@H](O)COP(=O)(O)OC[C@@H](COC(=O)CCCCCCCCCCC)OC(=O)CCCCCCCCCCCCCCC. The summed E-state index contributed by atoms with van der Waals surface area (Å²) in [7, 11) is -9.91. The Bertz CT molecular complexity index is 1880. The quantitative estimate of drug-likeness (QED) is 0.0222. The average molecular weight is 1440 g/mol. The van der Waals surface area contributed by atoms with Gasteiger partial charge in [-0.05, 0) is 31.6 Å². The first-order valence-electron chi connectivity index (χ1n) is 41.2. The predicted molar refractivity (Wildman–Crippen MR) is 400 cm³/mol. The van der Waals surface area contributed by atoms with E-state index >= 15 is 0 Å². The molecule has 0 aliphatic carbocycles. The highest BCUT2D eigenvalue weighted by Crippen LogP contribution is 2.45. The molecule has 582 valence electrons. The summed E-state index contributed by atoms with van der Waals surface area (Å²) >= 11 is 0. The number of unbranched alkanes of at least 4 members (excludes halogenated alkanes) is 50. The van der Waals surface area contributed by atoms with Gasteiger partial charge in [-0.3, -0.25) is 37.3 Å². The van der Waals surface area contributed by atoms with Gasteiger partial charge in [0, 0.05) is 25.7 Å². The van der Waals surface area contributed by atoms with E-state index in [4.69, 9.17) is 37.0 Å². The zero-order valence-electron chi connectivity index (χ0n) is 63.9. The van der Waals surface area contributed by atoms with Crippen molar-refractivity contribution in [3.05, 3.63) is 0 Å².